The molecule has 0 atom stereocenters. The van der Waals surface area contributed by atoms with E-state index in [1.165, 1.54) is 44.9 Å². The van der Waals surface area contributed by atoms with E-state index in [4.69, 9.17) is 5.11 Å². The number of nitrogens with one attached hydrogen (secondary N) is 1. The Balaban J connectivity index is 0.000000471. The predicted molar refractivity (Wildman–Crippen MR) is 81.9 cm³/mol. The average Bonchev–Trinajstić information content (AvgIpc) is 2.81. The first-order chi connectivity index (χ1) is 10.1. The Hall–Kier alpha value is -1.39. The van der Waals surface area contributed by atoms with E-state index in [0.29, 0.717) is 19.3 Å². The monoisotopic (exact) mass is 299 g/mol. The Morgan fingerprint density at radius 2 is 1.33 bits per heavy atom. The highest BCUT2D eigenvalue weighted by molar-refractivity contribution is 6.01. The fraction of sp³-hybridized carbons (Fsp3) is 0.812. The molecule has 0 aromatic rings. The van der Waals surface area contributed by atoms with Crippen molar-refractivity contribution >= 4 is 17.8 Å². The normalized spacial score (nSPS) is 13.6. The van der Waals surface area contributed by atoms with Crippen LogP contribution in [-0.4, -0.2) is 22.9 Å². The summed E-state index contributed by atoms with van der Waals surface area (Å²) in [5, 5.41) is 10.6. The summed E-state index contributed by atoms with van der Waals surface area (Å²) >= 11 is 0. The van der Waals surface area contributed by atoms with Crippen LogP contribution in [0.2, 0.25) is 0 Å². The topological polar surface area (TPSA) is 83.5 Å². The van der Waals surface area contributed by atoms with E-state index in [1.54, 1.807) is 0 Å². The fourth-order valence-electron chi connectivity index (χ4n) is 2.09. The SMILES string of the molecule is CCCCCCCCCCCC(=O)O.O=C1CCC(=O)N1. The van der Waals surface area contributed by atoms with Gasteiger partial charge in [0.1, 0.15) is 0 Å². The summed E-state index contributed by atoms with van der Waals surface area (Å²) < 4.78 is 0. The summed E-state index contributed by atoms with van der Waals surface area (Å²) in [6.07, 6.45) is 12.2. The molecular weight excluding hydrogens is 270 g/mol. The van der Waals surface area contributed by atoms with Crippen molar-refractivity contribution in [3.63, 3.8) is 0 Å². The first-order valence-electron chi connectivity index (χ1n) is 8.10. The molecule has 1 aliphatic rings. The van der Waals surface area contributed by atoms with Crippen LogP contribution < -0.4 is 5.32 Å². The molecule has 0 unspecified atom stereocenters. The minimum Gasteiger partial charge on any atom is -0.481 e. The van der Waals surface area contributed by atoms with Gasteiger partial charge in [0.25, 0.3) is 0 Å². The van der Waals surface area contributed by atoms with Gasteiger partial charge < -0.3 is 5.11 Å². The van der Waals surface area contributed by atoms with Gasteiger partial charge in [-0.1, -0.05) is 58.3 Å². The van der Waals surface area contributed by atoms with Crippen LogP contribution in [0.4, 0.5) is 0 Å². The number of aliphatic carboxylic acids is 1. The molecule has 2 amide bonds. The number of amides is 2. The van der Waals surface area contributed by atoms with Gasteiger partial charge in [0, 0.05) is 19.3 Å². The van der Waals surface area contributed by atoms with Gasteiger partial charge in [-0.05, 0) is 6.42 Å². The smallest absolute Gasteiger partial charge is 0.303 e. The van der Waals surface area contributed by atoms with Crippen molar-refractivity contribution in [1.82, 2.24) is 5.32 Å². The summed E-state index contributed by atoms with van der Waals surface area (Å²) in [6, 6.07) is 0. The van der Waals surface area contributed by atoms with Gasteiger partial charge in [-0.2, -0.15) is 0 Å². The van der Waals surface area contributed by atoms with E-state index < -0.39 is 5.97 Å². The number of carbonyl (C=O) groups is 3. The highest BCUT2D eigenvalue weighted by Gasteiger charge is 2.15. The third kappa shape index (κ3) is 14.8. The number of hydrogen-bond acceptors (Lipinski definition) is 3. The summed E-state index contributed by atoms with van der Waals surface area (Å²) in [4.78, 5) is 30.4. The summed E-state index contributed by atoms with van der Waals surface area (Å²) in [7, 11) is 0. The van der Waals surface area contributed by atoms with Crippen LogP contribution in [0.25, 0.3) is 0 Å². The number of unbranched alkanes of at least 4 members (excludes halogenated alkanes) is 8. The van der Waals surface area contributed by atoms with Gasteiger partial charge in [-0.25, -0.2) is 0 Å². The predicted octanol–water partition coefficient (Wildman–Crippen LogP) is 3.41. The highest BCUT2D eigenvalue weighted by atomic mass is 16.4. The molecule has 5 heteroatoms. The fourth-order valence-corrected chi connectivity index (χ4v) is 2.09. The second kappa shape index (κ2) is 13.6. The van der Waals surface area contributed by atoms with Crippen LogP contribution in [-0.2, 0) is 14.4 Å². The van der Waals surface area contributed by atoms with E-state index in [9.17, 15) is 14.4 Å². The number of carboxylic acids is 1. The van der Waals surface area contributed by atoms with E-state index in [2.05, 4.69) is 12.2 Å². The van der Waals surface area contributed by atoms with Gasteiger partial charge in [0.15, 0.2) is 0 Å². The zero-order chi connectivity index (χ0) is 15.9. The molecule has 0 saturated carbocycles. The molecule has 5 nitrogen and oxygen atoms in total. The lowest BCUT2D eigenvalue weighted by Gasteiger charge is -2.00. The number of hydrogen-bond donors (Lipinski definition) is 2. The molecule has 0 aromatic carbocycles. The Kier molecular flexibility index (Phi) is 12.7. The van der Waals surface area contributed by atoms with Crippen LogP contribution in [0, 0.1) is 0 Å². The maximum Gasteiger partial charge on any atom is 0.303 e. The van der Waals surface area contributed by atoms with Crippen molar-refractivity contribution in [2.45, 2.75) is 84.0 Å². The molecule has 1 fully saturated rings. The minimum atomic E-state index is -0.659. The first-order valence-corrected chi connectivity index (χ1v) is 8.10. The lowest BCUT2D eigenvalue weighted by atomic mass is 10.1. The molecule has 122 valence electrons. The van der Waals surface area contributed by atoms with E-state index >= 15 is 0 Å². The van der Waals surface area contributed by atoms with Gasteiger partial charge >= 0.3 is 5.97 Å². The number of imide groups is 1. The van der Waals surface area contributed by atoms with Crippen LogP contribution in [0.15, 0.2) is 0 Å². The Morgan fingerprint density at radius 1 is 0.905 bits per heavy atom. The van der Waals surface area contributed by atoms with Crippen molar-refractivity contribution in [3.8, 4) is 0 Å². The van der Waals surface area contributed by atoms with Crippen molar-refractivity contribution < 1.29 is 19.5 Å². The van der Waals surface area contributed by atoms with Crippen LogP contribution >= 0.6 is 0 Å². The maximum absolute atomic E-state index is 10.2. The molecule has 0 aromatic heterocycles. The van der Waals surface area contributed by atoms with Crippen molar-refractivity contribution in [1.29, 1.82) is 0 Å². The van der Waals surface area contributed by atoms with Gasteiger partial charge in [0.2, 0.25) is 11.8 Å². The maximum atomic E-state index is 10.2. The van der Waals surface area contributed by atoms with Gasteiger partial charge in [0.05, 0.1) is 0 Å². The van der Waals surface area contributed by atoms with E-state index in [0.717, 1.165) is 12.8 Å². The quantitative estimate of drug-likeness (QED) is 0.478. The molecule has 2 N–H and O–H groups in total. The minimum absolute atomic E-state index is 0.148. The number of carboxylic acid groups (broad SMARTS) is 1. The Labute approximate surface area is 127 Å². The zero-order valence-electron chi connectivity index (χ0n) is 13.2. The number of carbonyl (C=O) groups excluding carboxylic acids is 2. The standard InChI is InChI=1S/C12H24O2.C4H5NO2/c1-2-3-4-5-6-7-8-9-10-11-12(13)14;6-3-1-2-4(7)5-3/h2-11H2,1H3,(H,13,14);1-2H2,(H,5,6,7). The van der Waals surface area contributed by atoms with Crippen LogP contribution in [0.1, 0.15) is 84.0 Å². The molecular formula is C16H29NO4. The molecule has 1 aliphatic heterocycles. The second-order valence-electron chi connectivity index (χ2n) is 5.44. The Morgan fingerprint density at radius 3 is 1.67 bits per heavy atom. The lowest BCUT2D eigenvalue weighted by molar-refractivity contribution is -0.137. The summed E-state index contributed by atoms with van der Waals surface area (Å²) in [5.74, 6) is -0.956. The average molecular weight is 299 g/mol. The molecule has 1 rings (SSSR count). The zero-order valence-corrected chi connectivity index (χ0v) is 13.2. The van der Waals surface area contributed by atoms with E-state index in [-0.39, 0.29) is 11.8 Å². The molecule has 0 bridgehead atoms. The summed E-state index contributed by atoms with van der Waals surface area (Å²) in [5.41, 5.74) is 0. The highest BCUT2D eigenvalue weighted by Crippen LogP contribution is 2.10. The van der Waals surface area contributed by atoms with Gasteiger partial charge in [-0.15, -0.1) is 0 Å². The van der Waals surface area contributed by atoms with Crippen LogP contribution in [0.5, 0.6) is 0 Å². The molecule has 21 heavy (non-hydrogen) atoms. The second-order valence-corrected chi connectivity index (χ2v) is 5.44. The first kappa shape index (κ1) is 19.6. The molecule has 1 heterocycles. The lowest BCUT2D eigenvalue weighted by Crippen LogP contribution is -2.18. The number of rotatable bonds is 10. The molecule has 0 aliphatic carbocycles. The van der Waals surface area contributed by atoms with Crippen molar-refractivity contribution in [2.75, 3.05) is 0 Å². The van der Waals surface area contributed by atoms with Crippen molar-refractivity contribution in [2.24, 2.45) is 0 Å². The summed E-state index contributed by atoms with van der Waals surface area (Å²) in [6.45, 7) is 2.23. The molecule has 0 spiro atoms. The van der Waals surface area contributed by atoms with Gasteiger partial charge in [-0.3, -0.25) is 19.7 Å². The molecule has 1 saturated heterocycles. The molecule has 0 radical (unpaired) electrons. The van der Waals surface area contributed by atoms with E-state index in [1.807, 2.05) is 0 Å². The Bertz CT molecular complexity index is 301. The van der Waals surface area contributed by atoms with Crippen LogP contribution in [0.3, 0.4) is 0 Å². The largest absolute Gasteiger partial charge is 0.481 e. The third-order valence-electron chi connectivity index (χ3n) is 3.35. The van der Waals surface area contributed by atoms with Crippen molar-refractivity contribution in [3.05, 3.63) is 0 Å². The third-order valence-corrected chi connectivity index (χ3v) is 3.35.